The van der Waals surface area contributed by atoms with Crippen LogP contribution >= 0.6 is 0 Å². The molecule has 162 valence electrons. The van der Waals surface area contributed by atoms with Crippen molar-refractivity contribution in [2.45, 2.75) is 26.5 Å². The van der Waals surface area contributed by atoms with Gasteiger partial charge >= 0.3 is 12.0 Å². The maximum atomic E-state index is 12.7. The third-order valence-electron chi connectivity index (χ3n) is 4.79. The van der Waals surface area contributed by atoms with Crippen LogP contribution in [-0.4, -0.2) is 25.7 Å². The summed E-state index contributed by atoms with van der Waals surface area (Å²) in [6.45, 7) is 4.06. The van der Waals surface area contributed by atoms with Gasteiger partial charge in [0, 0.05) is 5.70 Å². The average Bonchev–Trinajstić information content (AvgIpc) is 2.77. The summed E-state index contributed by atoms with van der Waals surface area (Å²) >= 11 is 0. The summed E-state index contributed by atoms with van der Waals surface area (Å²) in [5.41, 5.74) is 2.49. The number of ether oxygens (including phenoxy) is 3. The number of esters is 1. The van der Waals surface area contributed by atoms with Crippen molar-refractivity contribution in [3.05, 3.63) is 83.1 Å². The van der Waals surface area contributed by atoms with Gasteiger partial charge in [0.15, 0.2) is 11.5 Å². The van der Waals surface area contributed by atoms with Gasteiger partial charge in [0.05, 0.1) is 18.7 Å². The Labute approximate surface area is 181 Å². The number of hydrogen-bond acceptors (Lipinski definition) is 5. The van der Waals surface area contributed by atoms with Crippen LogP contribution in [-0.2, 0) is 16.1 Å². The molecule has 1 heterocycles. The second kappa shape index (κ2) is 10.3. The number of methoxy groups -OCH3 is 1. The topological polar surface area (TPSA) is 85.9 Å². The van der Waals surface area contributed by atoms with Crippen LogP contribution in [0, 0.1) is 0 Å². The summed E-state index contributed by atoms with van der Waals surface area (Å²) in [6.07, 6.45) is 3.53. The normalized spacial score (nSPS) is 16.0. The van der Waals surface area contributed by atoms with E-state index in [0.29, 0.717) is 34.9 Å². The van der Waals surface area contributed by atoms with Crippen molar-refractivity contribution in [2.75, 3.05) is 13.7 Å². The second-order valence-electron chi connectivity index (χ2n) is 6.92. The zero-order valence-electron chi connectivity index (χ0n) is 17.8. The third kappa shape index (κ3) is 5.45. The van der Waals surface area contributed by atoms with Gasteiger partial charge in [-0.1, -0.05) is 48.6 Å². The number of amides is 2. The van der Waals surface area contributed by atoms with Crippen molar-refractivity contribution >= 4 is 12.0 Å². The first kappa shape index (κ1) is 22.0. The van der Waals surface area contributed by atoms with Gasteiger partial charge in [-0.3, -0.25) is 0 Å². The fourth-order valence-corrected chi connectivity index (χ4v) is 3.23. The Kier molecular flexibility index (Phi) is 7.32. The minimum atomic E-state index is -0.677. The van der Waals surface area contributed by atoms with Crippen LogP contribution in [0.2, 0.25) is 0 Å². The van der Waals surface area contributed by atoms with E-state index >= 15 is 0 Å². The standard InChI is InChI=1S/C24H26N2O5/c1-4-5-13-30-23(27)21-16(2)25-24(28)26-22(21)18-11-12-19(20(14-18)29-3)31-15-17-9-7-6-8-10-17/h4-12,14,22H,13,15H2,1-3H3,(H2,25,26,28)/b5-4-/t22-/m1/s1. The average molecular weight is 422 g/mol. The molecule has 1 aliphatic heterocycles. The first-order valence-corrected chi connectivity index (χ1v) is 9.94. The van der Waals surface area contributed by atoms with Crippen LogP contribution < -0.4 is 20.1 Å². The molecule has 0 unspecified atom stereocenters. The minimum Gasteiger partial charge on any atom is -0.493 e. The quantitative estimate of drug-likeness (QED) is 0.496. The fourth-order valence-electron chi connectivity index (χ4n) is 3.23. The van der Waals surface area contributed by atoms with Gasteiger partial charge < -0.3 is 24.8 Å². The van der Waals surface area contributed by atoms with Crippen molar-refractivity contribution in [3.8, 4) is 11.5 Å². The molecular formula is C24H26N2O5. The Hall–Kier alpha value is -3.74. The van der Waals surface area contributed by atoms with E-state index < -0.39 is 18.0 Å². The number of allylic oxidation sites excluding steroid dienone is 2. The van der Waals surface area contributed by atoms with Gasteiger partial charge in [-0.2, -0.15) is 0 Å². The number of carbonyl (C=O) groups is 2. The lowest BCUT2D eigenvalue weighted by Crippen LogP contribution is -2.45. The molecule has 0 fully saturated rings. The number of carbonyl (C=O) groups excluding carboxylic acids is 2. The highest BCUT2D eigenvalue weighted by Crippen LogP contribution is 2.35. The second-order valence-corrected chi connectivity index (χ2v) is 6.92. The van der Waals surface area contributed by atoms with Gasteiger partial charge in [-0.05, 0) is 37.1 Å². The molecule has 2 N–H and O–H groups in total. The van der Waals surface area contributed by atoms with Crippen molar-refractivity contribution in [1.82, 2.24) is 10.6 Å². The molecule has 3 rings (SSSR count). The zero-order chi connectivity index (χ0) is 22.2. The van der Waals surface area contributed by atoms with Crippen molar-refractivity contribution in [1.29, 1.82) is 0 Å². The largest absolute Gasteiger partial charge is 0.493 e. The van der Waals surface area contributed by atoms with E-state index in [1.165, 1.54) is 0 Å². The lowest BCUT2D eigenvalue weighted by molar-refractivity contribution is -0.138. The minimum absolute atomic E-state index is 0.155. The Morgan fingerprint density at radius 1 is 1.13 bits per heavy atom. The summed E-state index contributed by atoms with van der Waals surface area (Å²) in [7, 11) is 1.54. The maximum Gasteiger partial charge on any atom is 0.338 e. The summed E-state index contributed by atoms with van der Waals surface area (Å²) in [5, 5.41) is 5.42. The van der Waals surface area contributed by atoms with Crippen LogP contribution in [0.1, 0.15) is 31.0 Å². The maximum absolute atomic E-state index is 12.7. The van der Waals surface area contributed by atoms with Gasteiger partial charge in [0.25, 0.3) is 0 Å². The molecule has 0 bridgehead atoms. The van der Waals surface area contributed by atoms with E-state index in [1.807, 2.05) is 37.3 Å². The molecule has 31 heavy (non-hydrogen) atoms. The Bertz CT molecular complexity index is 998. The predicted molar refractivity (Wildman–Crippen MR) is 117 cm³/mol. The van der Waals surface area contributed by atoms with Crippen molar-refractivity contribution < 1.29 is 23.8 Å². The van der Waals surface area contributed by atoms with E-state index in [0.717, 1.165) is 5.56 Å². The van der Waals surface area contributed by atoms with E-state index in [2.05, 4.69) is 10.6 Å². The Morgan fingerprint density at radius 3 is 2.61 bits per heavy atom. The van der Waals surface area contributed by atoms with Gasteiger partial charge in [-0.25, -0.2) is 9.59 Å². The van der Waals surface area contributed by atoms with Crippen molar-refractivity contribution in [3.63, 3.8) is 0 Å². The first-order valence-electron chi connectivity index (χ1n) is 9.94. The van der Waals surface area contributed by atoms with E-state index in [4.69, 9.17) is 14.2 Å². The SMILES string of the molecule is C/C=C\COC(=O)C1=C(C)NC(=O)N[C@@H]1c1ccc(OCc2ccccc2)c(OC)c1. The molecule has 7 nitrogen and oxygen atoms in total. The van der Waals surface area contributed by atoms with Crippen LogP contribution in [0.15, 0.2) is 72.0 Å². The lowest BCUT2D eigenvalue weighted by Gasteiger charge is -2.28. The molecule has 2 aromatic rings. The summed E-state index contributed by atoms with van der Waals surface area (Å²) < 4.78 is 16.7. The fraction of sp³-hybridized carbons (Fsp3) is 0.250. The van der Waals surface area contributed by atoms with Crippen LogP contribution in [0.5, 0.6) is 11.5 Å². The lowest BCUT2D eigenvalue weighted by atomic mass is 9.95. The molecule has 2 amide bonds. The molecule has 0 aromatic heterocycles. The van der Waals surface area contributed by atoms with Crippen molar-refractivity contribution in [2.24, 2.45) is 0 Å². The van der Waals surface area contributed by atoms with Crippen LogP contribution in [0.25, 0.3) is 0 Å². The molecular weight excluding hydrogens is 396 g/mol. The van der Waals surface area contributed by atoms with E-state index in [9.17, 15) is 9.59 Å². The monoisotopic (exact) mass is 422 g/mol. The summed E-state index contributed by atoms with van der Waals surface area (Å²) in [6, 6.07) is 14.0. The number of rotatable bonds is 8. The Morgan fingerprint density at radius 2 is 1.90 bits per heavy atom. The number of nitrogens with one attached hydrogen (secondary N) is 2. The summed E-state index contributed by atoms with van der Waals surface area (Å²) in [5.74, 6) is 0.560. The predicted octanol–water partition coefficient (Wildman–Crippen LogP) is 4.02. The van der Waals surface area contributed by atoms with Gasteiger partial charge in [0.1, 0.15) is 13.2 Å². The van der Waals surface area contributed by atoms with Crippen LogP contribution in [0.4, 0.5) is 4.79 Å². The van der Waals surface area contributed by atoms with Gasteiger partial charge in [-0.15, -0.1) is 0 Å². The zero-order valence-corrected chi connectivity index (χ0v) is 17.8. The molecule has 7 heteroatoms. The highest BCUT2D eigenvalue weighted by atomic mass is 16.5. The number of benzene rings is 2. The highest BCUT2D eigenvalue weighted by molar-refractivity contribution is 5.95. The summed E-state index contributed by atoms with van der Waals surface area (Å²) in [4.78, 5) is 24.8. The molecule has 0 radical (unpaired) electrons. The van der Waals surface area contributed by atoms with E-state index in [-0.39, 0.29) is 6.61 Å². The third-order valence-corrected chi connectivity index (χ3v) is 4.79. The van der Waals surface area contributed by atoms with E-state index in [1.54, 1.807) is 44.4 Å². The number of urea groups is 1. The number of hydrogen-bond donors (Lipinski definition) is 2. The smallest absolute Gasteiger partial charge is 0.338 e. The molecule has 0 aliphatic carbocycles. The molecule has 0 saturated heterocycles. The highest BCUT2D eigenvalue weighted by Gasteiger charge is 2.32. The molecule has 1 atom stereocenters. The molecule has 2 aromatic carbocycles. The Balaban J connectivity index is 1.85. The molecule has 0 spiro atoms. The molecule has 1 aliphatic rings. The van der Waals surface area contributed by atoms with Gasteiger partial charge in [0.2, 0.25) is 0 Å². The van der Waals surface area contributed by atoms with Crippen LogP contribution in [0.3, 0.4) is 0 Å². The first-order chi connectivity index (χ1) is 15.0. The molecule has 0 saturated carbocycles.